The largest absolute Gasteiger partial charge is 0.477 e. The third-order valence-corrected chi connectivity index (χ3v) is 6.20. The van der Waals surface area contributed by atoms with Gasteiger partial charge in [-0.05, 0) is 51.7 Å². The summed E-state index contributed by atoms with van der Waals surface area (Å²) in [6.45, 7) is 5.27. The maximum absolute atomic E-state index is 12.8. The lowest BCUT2D eigenvalue weighted by Gasteiger charge is -2.29. The van der Waals surface area contributed by atoms with E-state index in [1.807, 2.05) is 19.9 Å². The number of nitrogens with zero attached hydrogens (tertiary/aromatic N) is 6. The number of aryl methyl sites for hydroxylation is 3. The molecule has 1 amide bonds. The molecule has 1 fully saturated rings. The SMILES string of the molecule is Cc1cc(C)n(-c2ccc(=O)n(C3CCC(NC(=O)c4cnn5c4OCCC5)CC3)n2)n1. The fraction of sp³-hybridized carbons (Fsp3) is 0.500. The second-order valence-electron chi connectivity index (χ2n) is 8.58. The molecule has 1 aliphatic carbocycles. The van der Waals surface area contributed by atoms with Crippen LogP contribution in [0.2, 0.25) is 0 Å². The van der Waals surface area contributed by atoms with Gasteiger partial charge >= 0.3 is 0 Å². The molecule has 0 unspecified atom stereocenters. The number of carbonyl (C=O) groups excluding carboxylic acids is 1. The molecule has 2 aliphatic rings. The summed E-state index contributed by atoms with van der Waals surface area (Å²) < 4.78 is 10.7. The van der Waals surface area contributed by atoms with Gasteiger partial charge in [-0.25, -0.2) is 14.0 Å². The van der Waals surface area contributed by atoms with Gasteiger partial charge in [0.1, 0.15) is 5.56 Å². The summed E-state index contributed by atoms with van der Waals surface area (Å²) in [6, 6.07) is 5.29. The van der Waals surface area contributed by atoms with Crippen molar-refractivity contribution in [1.82, 2.24) is 34.7 Å². The molecule has 10 heteroatoms. The Bertz CT molecular complexity index is 1200. The maximum atomic E-state index is 12.8. The molecule has 1 saturated carbocycles. The van der Waals surface area contributed by atoms with Crippen molar-refractivity contribution in [3.8, 4) is 11.7 Å². The molecule has 1 aliphatic heterocycles. The van der Waals surface area contributed by atoms with Crippen LogP contribution in [0.1, 0.15) is 59.9 Å². The Morgan fingerprint density at radius 1 is 1.16 bits per heavy atom. The summed E-state index contributed by atoms with van der Waals surface area (Å²) in [7, 11) is 0. The molecule has 3 aromatic heterocycles. The Morgan fingerprint density at radius 2 is 1.97 bits per heavy atom. The van der Waals surface area contributed by atoms with Crippen LogP contribution in [-0.4, -0.2) is 47.9 Å². The highest BCUT2D eigenvalue weighted by Crippen LogP contribution is 2.28. The highest BCUT2D eigenvalue weighted by molar-refractivity contribution is 5.96. The molecule has 0 aromatic carbocycles. The number of hydrogen-bond donors (Lipinski definition) is 1. The Hall–Kier alpha value is -3.43. The van der Waals surface area contributed by atoms with Crippen molar-refractivity contribution in [1.29, 1.82) is 0 Å². The summed E-state index contributed by atoms with van der Waals surface area (Å²) >= 11 is 0. The molecule has 168 valence electrons. The van der Waals surface area contributed by atoms with Gasteiger partial charge in [-0.3, -0.25) is 9.59 Å². The molecule has 3 aromatic rings. The number of hydrogen-bond acceptors (Lipinski definition) is 6. The number of amides is 1. The Kier molecular flexibility index (Phi) is 5.28. The van der Waals surface area contributed by atoms with Gasteiger partial charge in [0.05, 0.1) is 24.5 Å². The molecular weight excluding hydrogens is 410 g/mol. The van der Waals surface area contributed by atoms with Gasteiger partial charge in [0.15, 0.2) is 5.82 Å². The van der Waals surface area contributed by atoms with E-state index in [1.165, 1.54) is 0 Å². The van der Waals surface area contributed by atoms with E-state index in [1.54, 1.807) is 32.4 Å². The van der Waals surface area contributed by atoms with Gasteiger partial charge in [0.2, 0.25) is 5.88 Å². The zero-order chi connectivity index (χ0) is 22.2. The van der Waals surface area contributed by atoms with Crippen LogP contribution >= 0.6 is 0 Å². The van der Waals surface area contributed by atoms with Crippen LogP contribution in [-0.2, 0) is 6.54 Å². The van der Waals surface area contributed by atoms with Gasteiger partial charge < -0.3 is 10.1 Å². The summed E-state index contributed by atoms with van der Waals surface area (Å²) in [5.74, 6) is 1.04. The van der Waals surface area contributed by atoms with Crippen LogP contribution in [0, 0.1) is 13.8 Å². The molecule has 0 saturated heterocycles. The first kappa shape index (κ1) is 20.5. The lowest BCUT2D eigenvalue weighted by molar-refractivity contribution is 0.0914. The Morgan fingerprint density at radius 3 is 2.72 bits per heavy atom. The second-order valence-corrected chi connectivity index (χ2v) is 8.58. The van der Waals surface area contributed by atoms with Crippen LogP contribution < -0.4 is 15.6 Å². The fourth-order valence-corrected chi connectivity index (χ4v) is 4.60. The topological polar surface area (TPSA) is 109 Å². The number of fused-ring (bicyclic) bond motifs is 1. The Labute approximate surface area is 185 Å². The summed E-state index contributed by atoms with van der Waals surface area (Å²) in [4.78, 5) is 25.3. The normalized spacial score (nSPS) is 20.4. The third-order valence-electron chi connectivity index (χ3n) is 6.20. The zero-order valence-electron chi connectivity index (χ0n) is 18.3. The van der Waals surface area contributed by atoms with Crippen LogP contribution in [0.5, 0.6) is 5.88 Å². The summed E-state index contributed by atoms with van der Waals surface area (Å²) in [5, 5.41) is 16.4. The maximum Gasteiger partial charge on any atom is 0.267 e. The monoisotopic (exact) mass is 437 g/mol. The van der Waals surface area contributed by atoms with E-state index in [0.717, 1.165) is 50.0 Å². The van der Waals surface area contributed by atoms with Crippen molar-refractivity contribution in [2.75, 3.05) is 6.61 Å². The fourth-order valence-electron chi connectivity index (χ4n) is 4.60. The van der Waals surface area contributed by atoms with Crippen molar-refractivity contribution in [3.05, 3.63) is 51.7 Å². The smallest absolute Gasteiger partial charge is 0.267 e. The van der Waals surface area contributed by atoms with E-state index in [0.29, 0.717) is 23.9 Å². The molecular formula is C22H27N7O3. The molecule has 0 bridgehead atoms. The predicted molar refractivity (Wildman–Crippen MR) is 116 cm³/mol. The van der Waals surface area contributed by atoms with E-state index in [-0.39, 0.29) is 23.6 Å². The van der Waals surface area contributed by atoms with Gasteiger partial charge in [-0.1, -0.05) is 0 Å². The Balaban J connectivity index is 1.25. The highest BCUT2D eigenvalue weighted by atomic mass is 16.5. The first-order chi connectivity index (χ1) is 15.5. The number of carbonyl (C=O) groups is 1. The molecule has 0 spiro atoms. The number of nitrogens with one attached hydrogen (secondary N) is 1. The predicted octanol–water partition coefficient (Wildman–Crippen LogP) is 1.94. The van der Waals surface area contributed by atoms with Crippen LogP contribution in [0.4, 0.5) is 0 Å². The van der Waals surface area contributed by atoms with Crippen LogP contribution in [0.3, 0.4) is 0 Å². The minimum atomic E-state index is -0.154. The van der Waals surface area contributed by atoms with Crippen molar-refractivity contribution in [3.63, 3.8) is 0 Å². The van der Waals surface area contributed by atoms with E-state index < -0.39 is 0 Å². The molecule has 5 rings (SSSR count). The number of rotatable bonds is 4. The van der Waals surface area contributed by atoms with Gasteiger partial charge in [0.25, 0.3) is 11.5 Å². The lowest BCUT2D eigenvalue weighted by atomic mass is 9.91. The van der Waals surface area contributed by atoms with Crippen molar-refractivity contribution >= 4 is 5.91 Å². The van der Waals surface area contributed by atoms with E-state index in [9.17, 15) is 9.59 Å². The first-order valence-electron chi connectivity index (χ1n) is 11.1. The van der Waals surface area contributed by atoms with Crippen LogP contribution in [0.15, 0.2) is 29.2 Å². The first-order valence-corrected chi connectivity index (χ1v) is 11.1. The average molecular weight is 438 g/mol. The van der Waals surface area contributed by atoms with Crippen molar-refractivity contribution in [2.24, 2.45) is 0 Å². The van der Waals surface area contributed by atoms with E-state index in [4.69, 9.17) is 4.74 Å². The minimum absolute atomic E-state index is 0.000178. The van der Waals surface area contributed by atoms with Crippen molar-refractivity contribution in [2.45, 2.75) is 64.6 Å². The molecule has 10 nitrogen and oxygen atoms in total. The summed E-state index contributed by atoms with van der Waals surface area (Å²) in [5.41, 5.74) is 2.25. The minimum Gasteiger partial charge on any atom is -0.477 e. The molecule has 0 atom stereocenters. The van der Waals surface area contributed by atoms with E-state index >= 15 is 0 Å². The lowest BCUT2D eigenvalue weighted by Crippen LogP contribution is -2.39. The quantitative estimate of drug-likeness (QED) is 0.668. The molecule has 32 heavy (non-hydrogen) atoms. The molecule has 0 radical (unpaired) electrons. The number of aromatic nitrogens is 6. The van der Waals surface area contributed by atoms with E-state index in [2.05, 4.69) is 20.6 Å². The van der Waals surface area contributed by atoms with Gasteiger partial charge in [-0.15, -0.1) is 5.10 Å². The second kappa shape index (κ2) is 8.25. The number of ether oxygens (including phenoxy) is 1. The average Bonchev–Trinajstić information content (AvgIpc) is 3.37. The third kappa shape index (κ3) is 3.80. The summed E-state index contributed by atoms with van der Waals surface area (Å²) in [6.07, 6.45) is 5.56. The van der Waals surface area contributed by atoms with Gasteiger partial charge in [-0.2, -0.15) is 10.2 Å². The van der Waals surface area contributed by atoms with Gasteiger partial charge in [0, 0.05) is 30.8 Å². The zero-order valence-corrected chi connectivity index (χ0v) is 18.3. The standard InChI is InChI=1S/C22H27N7O3/c1-14-12-15(2)28(25-14)19-8-9-20(30)29(26-19)17-6-4-16(5-7-17)24-21(31)18-13-23-27-10-3-11-32-22(18)27/h8-9,12-13,16-17H,3-7,10-11H2,1-2H3,(H,24,31). The van der Waals surface area contributed by atoms with Crippen molar-refractivity contribution < 1.29 is 9.53 Å². The molecule has 1 N–H and O–H groups in total. The highest BCUT2D eigenvalue weighted by Gasteiger charge is 2.28. The van der Waals surface area contributed by atoms with Crippen LogP contribution in [0.25, 0.3) is 5.82 Å². The molecule has 4 heterocycles.